The molecule has 6 nitrogen and oxygen atoms in total. The molecule has 0 saturated carbocycles. The maximum absolute atomic E-state index is 12.3. The highest BCUT2D eigenvalue weighted by atomic mass is 32.2. The Bertz CT molecular complexity index is 508. The zero-order valence-electron chi connectivity index (χ0n) is 11.6. The molecule has 0 saturated heterocycles. The Hall–Kier alpha value is -1.34. The Morgan fingerprint density at radius 3 is 2.53 bits per heavy atom. The molecule has 19 heavy (non-hydrogen) atoms. The molecule has 0 aromatic carbocycles. The summed E-state index contributed by atoms with van der Waals surface area (Å²) in [6, 6.07) is 1.00. The molecule has 0 unspecified atom stereocenters. The van der Waals surface area contributed by atoms with Crippen LogP contribution in [0.5, 0.6) is 0 Å². The van der Waals surface area contributed by atoms with Crippen molar-refractivity contribution in [1.29, 1.82) is 0 Å². The normalized spacial score (nSPS) is 13.5. The second-order valence-corrected chi connectivity index (χ2v) is 6.72. The van der Waals surface area contributed by atoms with E-state index in [2.05, 4.69) is 4.72 Å². The molecule has 1 rings (SSSR count). The van der Waals surface area contributed by atoms with Gasteiger partial charge in [-0.25, -0.2) is 13.1 Å². The van der Waals surface area contributed by atoms with Crippen molar-refractivity contribution in [3.05, 3.63) is 24.2 Å². The summed E-state index contributed by atoms with van der Waals surface area (Å²) >= 11 is 0. The number of likely N-dealkylation sites (N-methyl/N-ethyl adjacent to an activating group) is 1. The van der Waals surface area contributed by atoms with Crippen LogP contribution in [0.15, 0.2) is 23.0 Å². The van der Waals surface area contributed by atoms with Crippen LogP contribution in [0, 0.1) is 5.92 Å². The van der Waals surface area contributed by atoms with Gasteiger partial charge in [-0.15, -0.1) is 0 Å². The van der Waals surface area contributed by atoms with Gasteiger partial charge < -0.3 is 9.32 Å². The monoisotopic (exact) mass is 288 g/mol. The third kappa shape index (κ3) is 5.04. The number of sulfonamides is 1. The zero-order valence-corrected chi connectivity index (χ0v) is 12.4. The molecule has 1 atom stereocenters. The summed E-state index contributed by atoms with van der Waals surface area (Å²) < 4.78 is 29.9. The lowest BCUT2D eigenvalue weighted by atomic mass is 10.0. The van der Waals surface area contributed by atoms with E-state index >= 15 is 0 Å². The van der Waals surface area contributed by atoms with E-state index in [4.69, 9.17) is 4.42 Å². The summed E-state index contributed by atoms with van der Waals surface area (Å²) in [6.07, 6.45) is 4.13. The van der Waals surface area contributed by atoms with E-state index in [-0.39, 0.29) is 11.8 Å². The number of nitrogens with one attached hydrogen (secondary N) is 1. The molecule has 0 aliphatic rings. The minimum atomic E-state index is -3.42. The van der Waals surface area contributed by atoms with Crippen LogP contribution in [-0.4, -0.2) is 38.6 Å². The Balaban J connectivity index is 2.76. The molecule has 0 bridgehead atoms. The van der Waals surface area contributed by atoms with Crippen LogP contribution in [0.2, 0.25) is 0 Å². The van der Waals surface area contributed by atoms with Crippen molar-refractivity contribution >= 4 is 15.9 Å². The molecule has 0 aliphatic carbocycles. The van der Waals surface area contributed by atoms with Crippen molar-refractivity contribution in [1.82, 2.24) is 9.62 Å². The number of furan rings is 1. The largest absolute Gasteiger partial charge is 0.472 e. The van der Waals surface area contributed by atoms with E-state index in [9.17, 15) is 13.2 Å². The number of carbonyl (C=O) groups excluding carboxylic acids is 1. The van der Waals surface area contributed by atoms with Crippen molar-refractivity contribution in [2.75, 3.05) is 13.3 Å². The molecular formula is C12H20N2O4S. The quantitative estimate of drug-likeness (QED) is 0.840. The molecule has 0 spiro atoms. The average molecular weight is 288 g/mol. The fourth-order valence-corrected chi connectivity index (χ4v) is 2.51. The summed E-state index contributed by atoms with van der Waals surface area (Å²) in [4.78, 5) is 13.7. The summed E-state index contributed by atoms with van der Waals surface area (Å²) in [5.41, 5.74) is 0.859. The predicted octanol–water partition coefficient (Wildman–Crippen LogP) is 0.812. The number of rotatable bonds is 6. The molecule has 1 aromatic heterocycles. The van der Waals surface area contributed by atoms with Crippen molar-refractivity contribution in [3.63, 3.8) is 0 Å². The maximum atomic E-state index is 12.3. The topological polar surface area (TPSA) is 79.6 Å². The fraction of sp³-hybridized carbons (Fsp3) is 0.583. The molecule has 7 heteroatoms. The van der Waals surface area contributed by atoms with Gasteiger partial charge in [0.15, 0.2) is 0 Å². The van der Waals surface area contributed by atoms with Gasteiger partial charge in [0.2, 0.25) is 15.9 Å². The molecule has 1 amide bonds. The highest BCUT2D eigenvalue weighted by Gasteiger charge is 2.28. The Morgan fingerprint density at radius 2 is 2.11 bits per heavy atom. The molecule has 0 aliphatic heterocycles. The summed E-state index contributed by atoms with van der Waals surface area (Å²) in [5.74, 6) is -0.393. The Labute approximate surface area is 113 Å². The lowest BCUT2D eigenvalue weighted by molar-refractivity contribution is -0.133. The first-order valence-electron chi connectivity index (χ1n) is 5.94. The van der Waals surface area contributed by atoms with Gasteiger partial charge in [-0.05, 0) is 12.0 Å². The first-order valence-corrected chi connectivity index (χ1v) is 7.83. The van der Waals surface area contributed by atoms with Gasteiger partial charge in [-0.2, -0.15) is 0 Å². The number of nitrogens with zero attached hydrogens (tertiary/aromatic N) is 1. The summed E-state index contributed by atoms with van der Waals surface area (Å²) in [7, 11) is -1.79. The number of carbonyl (C=O) groups is 1. The third-order valence-electron chi connectivity index (χ3n) is 2.65. The van der Waals surface area contributed by atoms with Gasteiger partial charge >= 0.3 is 0 Å². The molecule has 1 N–H and O–H groups in total. The van der Waals surface area contributed by atoms with E-state index in [1.165, 1.54) is 11.2 Å². The van der Waals surface area contributed by atoms with E-state index in [0.717, 1.165) is 11.8 Å². The molecule has 0 fully saturated rings. The second-order valence-electron chi connectivity index (χ2n) is 4.94. The number of hydrogen-bond acceptors (Lipinski definition) is 4. The van der Waals surface area contributed by atoms with Crippen molar-refractivity contribution in [3.8, 4) is 0 Å². The smallest absolute Gasteiger partial charge is 0.241 e. The summed E-state index contributed by atoms with van der Waals surface area (Å²) in [6.45, 7) is 3.98. The zero-order chi connectivity index (χ0) is 14.6. The molecule has 108 valence electrons. The van der Waals surface area contributed by atoms with Gasteiger partial charge in [-0.1, -0.05) is 13.8 Å². The Morgan fingerprint density at radius 1 is 1.47 bits per heavy atom. The SMILES string of the molecule is CC(C)[C@H](NS(C)(=O)=O)C(=O)N(C)Cc1ccoc1. The number of amides is 1. The average Bonchev–Trinajstić information content (AvgIpc) is 2.76. The molecule has 1 heterocycles. The van der Waals surface area contributed by atoms with Gasteiger partial charge in [0.25, 0.3) is 0 Å². The van der Waals surface area contributed by atoms with Crippen LogP contribution >= 0.6 is 0 Å². The third-order valence-corrected chi connectivity index (χ3v) is 3.33. The van der Waals surface area contributed by atoms with Crippen molar-refractivity contribution in [2.45, 2.75) is 26.4 Å². The van der Waals surface area contributed by atoms with Crippen LogP contribution in [0.25, 0.3) is 0 Å². The van der Waals surface area contributed by atoms with E-state index in [1.807, 2.05) is 0 Å². The van der Waals surface area contributed by atoms with Gasteiger partial charge in [0.05, 0.1) is 18.8 Å². The molecular weight excluding hydrogens is 268 g/mol. The van der Waals surface area contributed by atoms with E-state index in [0.29, 0.717) is 6.54 Å². The van der Waals surface area contributed by atoms with Crippen LogP contribution in [0.3, 0.4) is 0 Å². The van der Waals surface area contributed by atoms with Gasteiger partial charge in [0, 0.05) is 19.2 Å². The minimum absolute atomic E-state index is 0.131. The minimum Gasteiger partial charge on any atom is -0.472 e. The highest BCUT2D eigenvalue weighted by Crippen LogP contribution is 2.10. The van der Waals surface area contributed by atoms with Gasteiger partial charge in [-0.3, -0.25) is 4.79 Å². The highest BCUT2D eigenvalue weighted by molar-refractivity contribution is 7.88. The first-order chi connectivity index (χ1) is 8.70. The van der Waals surface area contributed by atoms with Crippen LogP contribution in [-0.2, 0) is 21.4 Å². The predicted molar refractivity (Wildman–Crippen MR) is 71.8 cm³/mol. The first kappa shape index (κ1) is 15.7. The molecule has 1 aromatic rings. The van der Waals surface area contributed by atoms with Crippen LogP contribution in [0.4, 0.5) is 0 Å². The molecule has 0 radical (unpaired) electrons. The second kappa shape index (κ2) is 6.21. The van der Waals surface area contributed by atoms with E-state index < -0.39 is 16.1 Å². The van der Waals surface area contributed by atoms with Crippen LogP contribution < -0.4 is 4.72 Å². The fourth-order valence-electron chi connectivity index (χ4n) is 1.67. The standard InChI is InChI=1S/C12H20N2O4S/c1-9(2)11(13-19(4,16)17)12(15)14(3)7-10-5-6-18-8-10/h5-6,8-9,11,13H,7H2,1-4H3/t11-/m0/s1. The van der Waals surface area contributed by atoms with Crippen molar-refractivity contribution in [2.24, 2.45) is 5.92 Å². The summed E-state index contributed by atoms with van der Waals surface area (Å²) in [5, 5.41) is 0. The number of hydrogen-bond donors (Lipinski definition) is 1. The van der Waals surface area contributed by atoms with Gasteiger partial charge in [0.1, 0.15) is 6.04 Å². The lowest BCUT2D eigenvalue weighted by Gasteiger charge is -2.26. The lowest BCUT2D eigenvalue weighted by Crippen LogP contribution is -2.49. The van der Waals surface area contributed by atoms with Crippen molar-refractivity contribution < 1.29 is 17.6 Å². The van der Waals surface area contributed by atoms with E-state index in [1.54, 1.807) is 33.2 Å². The maximum Gasteiger partial charge on any atom is 0.241 e. The Kier molecular flexibility index (Phi) is 5.13. The van der Waals surface area contributed by atoms with Crippen LogP contribution in [0.1, 0.15) is 19.4 Å².